The number of esters is 1. The summed E-state index contributed by atoms with van der Waals surface area (Å²) in [6.07, 6.45) is 3.07. The van der Waals surface area contributed by atoms with Crippen molar-refractivity contribution in [2.24, 2.45) is 5.92 Å². The van der Waals surface area contributed by atoms with Crippen molar-refractivity contribution in [1.29, 1.82) is 0 Å². The smallest absolute Gasteiger partial charge is 0.339 e. The van der Waals surface area contributed by atoms with Crippen LogP contribution in [0.25, 0.3) is 0 Å². The highest BCUT2D eigenvalue weighted by Gasteiger charge is 2.27. The molecule has 0 radical (unpaired) electrons. The lowest BCUT2D eigenvalue weighted by Gasteiger charge is -2.22. The Morgan fingerprint density at radius 2 is 1.96 bits per heavy atom. The number of hydrogen-bond acceptors (Lipinski definition) is 6. The van der Waals surface area contributed by atoms with Crippen LogP contribution in [0.3, 0.4) is 0 Å². The van der Waals surface area contributed by atoms with Crippen LogP contribution in [0.4, 0.5) is 0 Å². The molecule has 1 aromatic rings. The second-order valence-electron chi connectivity index (χ2n) is 6.60. The maximum absolute atomic E-state index is 12.4. The number of carbonyl (C=O) groups excluding carboxylic acids is 2. The van der Waals surface area contributed by atoms with Crippen LogP contribution in [-0.4, -0.2) is 63.5 Å². The van der Waals surface area contributed by atoms with Crippen LogP contribution in [0.5, 0.6) is 0 Å². The number of amides is 1. The summed E-state index contributed by atoms with van der Waals surface area (Å²) in [7, 11) is -1.44. The van der Waals surface area contributed by atoms with E-state index in [-0.39, 0.29) is 23.0 Å². The number of hydrogen-bond donors (Lipinski definition) is 0. The standard InChI is InChI=1S/C18H25BrN2O6S/c1-4-9-21(11-13-5-6-13)17(22)12-27-18(23)15-10-14(7-8-16(15)19)28(24,25)20(2)26-3/h7-8,10,13H,4-6,9,11-12H2,1-3H3. The van der Waals surface area contributed by atoms with Gasteiger partial charge in [0, 0.05) is 24.6 Å². The SMILES string of the molecule is CCCN(CC1CC1)C(=O)COC(=O)c1cc(S(=O)(=O)N(C)OC)ccc1Br. The van der Waals surface area contributed by atoms with E-state index in [2.05, 4.69) is 15.9 Å². The summed E-state index contributed by atoms with van der Waals surface area (Å²) in [5, 5.41) is 0. The molecule has 8 nitrogen and oxygen atoms in total. The number of rotatable bonds is 10. The highest BCUT2D eigenvalue weighted by Crippen LogP contribution is 2.30. The van der Waals surface area contributed by atoms with E-state index in [4.69, 9.17) is 9.57 Å². The van der Waals surface area contributed by atoms with Gasteiger partial charge in [0.15, 0.2) is 6.61 Å². The van der Waals surface area contributed by atoms with Crippen LogP contribution in [0.2, 0.25) is 0 Å². The summed E-state index contributed by atoms with van der Waals surface area (Å²) in [5.41, 5.74) is 0.0163. The molecule has 1 aromatic carbocycles. The third kappa shape index (κ3) is 5.76. The first kappa shape index (κ1) is 22.8. The van der Waals surface area contributed by atoms with Gasteiger partial charge in [-0.2, -0.15) is 0 Å². The lowest BCUT2D eigenvalue weighted by Crippen LogP contribution is -2.36. The summed E-state index contributed by atoms with van der Waals surface area (Å²) < 4.78 is 30.9. The van der Waals surface area contributed by atoms with Gasteiger partial charge in [-0.3, -0.25) is 9.63 Å². The van der Waals surface area contributed by atoms with Gasteiger partial charge in [0.05, 0.1) is 17.6 Å². The summed E-state index contributed by atoms with van der Waals surface area (Å²) in [6.45, 7) is 2.91. The zero-order chi connectivity index (χ0) is 20.9. The summed E-state index contributed by atoms with van der Waals surface area (Å²) >= 11 is 3.22. The number of halogens is 1. The minimum absolute atomic E-state index is 0.0163. The Labute approximate surface area is 173 Å². The highest BCUT2D eigenvalue weighted by molar-refractivity contribution is 9.10. The van der Waals surface area contributed by atoms with Crippen molar-refractivity contribution in [3.05, 3.63) is 28.2 Å². The molecule has 0 heterocycles. The van der Waals surface area contributed by atoms with Gasteiger partial charge in [0.2, 0.25) is 0 Å². The van der Waals surface area contributed by atoms with Crippen molar-refractivity contribution in [3.63, 3.8) is 0 Å². The number of carbonyl (C=O) groups is 2. The third-order valence-corrected chi connectivity index (χ3v) is 6.77. The molecule has 28 heavy (non-hydrogen) atoms. The van der Waals surface area contributed by atoms with Crippen LogP contribution < -0.4 is 0 Å². The molecule has 10 heteroatoms. The molecule has 1 fully saturated rings. The van der Waals surface area contributed by atoms with E-state index in [1.54, 1.807) is 4.90 Å². The predicted octanol–water partition coefficient (Wildman–Crippen LogP) is 2.44. The number of ether oxygens (including phenoxy) is 1. The summed E-state index contributed by atoms with van der Waals surface area (Å²) in [4.78, 5) is 31.2. The molecule has 0 spiro atoms. The first-order valence-corrected chi connectivity index (χ1v) is 11.2. The highest BCUT2D eigenvalue weighted by atomic mass is 79.9. The average molecular weight is 477 g/mol. The Morgan fingerprint density at radius 1 is 1.29 bits per heavy atom. The van der Waals surface area contributed by atoms with Crippen molar-refractivity contribution in [2.75, 3.05) is 33.9 Å². The number of nitrogens with zero attached hydrogens (tertiary/aromatic N) is 2. The van der Waals surface area contributed by atoms with Crippen LogP contribution in [0.15, 0.2) is 27.6 Å². The fourth-order valence-corrected chi connectivity index (χ4v) is 3.97. The first-order valence-electron chi connectivity index (χ1n) is 8.98. The van der Waals surface area contributed by atoms with E-state index in [1.807, 2.05) is 6.92 Å². The van der Waals surface area contributed by atoms with E-state index in [9.17, 15) is 18.0 Å². The van der Waals surface area contributed by atoms with Crippen molar-refractivity contribution in [2.45, 2.75) is 31.1 Å². The molecule has 1 aliphatic carbocycles. The van der Waals surface area contributed by atoms with Gasteiger partial charge in [-0.25, -0.2) is 13.2 Å². The quantitative estimate of drug-likeness (QED) is 0.380. The molecule has 1 aliphatic rings. The monoisotopic (exact) mass is 476 g/mol. The second kappa shape index (κ2) is 9.82. The van der Waals surface area contributed by atoms with Crippen LogP contribution in [0, 0.1) is 5.92 Å². The Kier molecular flexibility index (Phi) is 7.99. The Balaban J connectivity index is 2.09. The lowest BCUT2D eigenvalue weighted by molar-refractivity contribution is -0.134. The van der Waals surface area contributed by atoms with Crippen LogP contribution in [-0.2, 0) is 24.4 Å². The maximum atomic E-state index is 12.4. The van der Waals surface area contributed by atoms with Gasteiger partial charge >= 0.3 is 5.97 Å². The molecule has 0 aliphatic heterocycles. The van der Waals surface area contributed by atoms with Gasteiger partial charge in [-0.05, 0) is 59.3 Å². The van der Waals surface area contributed by atoms with E-state index in [0.717, 1.165) is 19.3 Å². The molecule has 0 saturated heterocycles. The molecule has 1 amide bonds. The summed E-state index contributed by atoms with van der Waals surface area (Å²) in [5.74, 6) is -0.485. The zero-order valence-corrected chi connectivity index (χ0v) is 18.6. The fourth-order valence-electron chi connectivity index (χ4n) is 2.56. The molecule has 1 saturated carbocycles. The average Bonchev–Trinajstić information content (AvgIpc) is 3.49. The van der Waals surface area contributed by atoms with Gasteiger partial charge in [0.25, 0.3) is 15.9 Å². The zero-order valence-electron chi connectivity index (χ0n) is 16.2. The summed E-state index contributed by atoms with van der Waals surface area (Å²) in [6, 6.07) is 3.97. The molecular formula is C18H25BrN2O6S. The van der Waals surface area contributed by atoms with Gasteiger partial charge in [-0.15, -0.1) is 0 Å². The number of sulfonamides is 1. The Hall–Kier alpha value is -1.49. The minimum Gasteiger partial charge on any atom is -0.452 e. The largest absolute Gasteiger partial charge is 0.452 e. The lowest BCUT2D eigenvalue weighted by atomic mass is 10.2. The van der Waals surface area contributed by atoms with Gasteiger partial charge < -0.3 is 9.64 Å². The first-order chi connectivity index (χ1) is 13.2. The number of hydroxylamine groups is 1. The van der Waals surface area contributed by atoms with Crippen LogP contribution >= 0.6 is 15.9 Å². The molecule has 0 N–H and O–H groups in total. The van der Waals surface area contributed by atoms with Crippen molar-refractivity contribution >= 4 is 37.8 Å². The molecule has 0 bridgehead atoms. The van der Waals surface area contributed by atoms with Gasteiger partial charge in [0.1, 0.15) is 0 Å². The van der Waals surface area contributed by atoms with Crippen molar-refractivity contribution < 1.29 is 27.6 Å². The molecule has 0 unspecified atom stereocenters. The minimum atomic E-state index is -3.91. The van der Waals surface area contributed by atoms with E-state index < -0.39 is 16.0 Å². The predicted molar refractivity (Wildman–Crippen MR) is 106 cm³/mol. The molecule has 156 valence electrons. The van der Waals surface area contributed by atoms with Gasteiger partial charge in [-0.1, -0.05) is 11.4 Å². The maximum Gasteiger partial charge on any atom is 0.339 e. The second-order valence-corrected chi connectivity index (χ2v) is 9.39. The van der Waals surface area contributed by atoms with Crippen LogP contribution in [0.1, 0.15) is 36.5 Å². The number of benzene rings is 1. The fraction of sp³-hybridized carbons (Fsp3) is 0.556. The van der Waals surface area contributed by atoms with E-state index in [1.165, 1.54) is 32.4 Å². The normalized spacial score (nSPS) is 14.2. The van der Waals surface area contributed by atoms with Crippen molar-refractivity contribution in [1.82, 2.24) is 9.37 Å². The molecule has 2 rings (SSSR count). The Bertz CT molecular complexity index is 825. The van der Waals surface area contributed by atoms with Crippen molar-refractivity contribution in [3.8, 4) is 0 Å². The molecule has 0 atom stereocenters. The molecule has 0 aromatic heterocycles. The molecular weight excluding hydrogens is 452 g/mol. The Morgan fingerprint density at radius 3 is 2.54 bits per heavy atom. The van der Waals surface area contributed by atoms with E-state index >= 15 is 0 Å². The van der Waals surface area contributed by atoms with E-state index in [0.29, 0.717) is 27.9 Å². The third-order valence-electron chi connectivity index (χ3n) is 4.40. The topological polar surface area (TPSA) is 93.2 Å².